The van der Waals surface area contributed by atoms with E-state index in [0.717, 1.165) is 24.3 Å². The SMILES string of the molecule is O=C(CN1CCC(NS(=O)(=O)c2cccs2)CC1)NN1C(=O)NC2(CCCCC2)C1=O. The number of urea groups is 1. The molecule has 170 valence electrons. The van der Waals surface area contributed by atoms with Gasteiger partial charge in [-0.15, -0.1) is 11.3 Å². The molecule has 4 rings (SSSR count). The Kier molecular flexibility index (Phi) is 6.33. The lowest BCUT2D eigenvalue weighted by molar-refractivity contribution is -0.140. The maximum atomic E-state index is 12.7. The summed E-state index contributed by atoms with van der Waals surface area (Å²) in [7, 11) is -3.52. The Morgan fingerprint density at radius 3 is 2.55 bits per heavy atom. The summed E-state index contributed by atoms with van der Waals surface area (Å²) in [5.41, 5.74) is 1.57. The summed E-state index contributed by atoms with van der Waals surface area (Å²) in [5.74, 6) is -0.818. The molecule has 0 bridgehead atoms. The van der Waals surface area contributed by atoms with Crippen LogP contribution in [0.2, 0.25) is 0 Å². The average molecular weight is 470 g/mol. The number of imide groups is 1. The third kappa shape index (κ3) is 4.76. The lowest BCUT2D eigenvalue weighted by Gasteiger charge is -2.32. The van der Waals surface area contributed by atoms with Gasteiger partial charge in [-0.25, -0.2) is 17.9 Å². The van der Waals surface area contributed by atoms with Crippen LogP contribution in [0.15, 0.2) is 21.7 Å². The van der Waals surface area contributed by atoms with Gasteiger partial charge in [0.2, 0.25) is 10.0 Å². The van der Waals surface area contributed by atoms with Gasteiger partial charge in [0.15, 0.2) is 0 Å². The normalized spacial score (nSPS) is 22.6. The number of nitrogens with zero attached hydrogens (tertiary/aromatic N) is 2. The molecule has 1 saturated carbocycles. The van der Waals surface area contributed by atoms with E-state index in [-0.39, 0.29) is 18.5 Å². The number of nitrogens with one attached hydrogen (secondary N) is 3. The van der Waals surface area contributed by atoms with Gasteiger partial charge in [-0.05, 0) is 37.1 Å². The number of likely N-dealkylation sites (tertiary alicyclic amines) is 1. The largest absolute Gasteiger partial charge is 0.344 e. The lowest BCUT2D eigenvalue weighted by Crippen LogP contribution is -2.53. The zero-order valence-electron chi connectivity index (χ0n) is 17.1. The average Bonchev–Trinajstić information content (AvgIpc) is 3.35. The summed E-state index contributed by atoms with van der Waals surface area (Å²) in [5, 5.41) is 5.30. The fraction of sp³-hybridized carbons (Fsp3) is 0.632. The number of hydrazine groups is 1. The second kappa shape index (κ2) is 8.85. The van der Waals surface area contributed by atoms with Crippen LogP contribution in [0, 0.1) is 0 Å². The quantitative estimate of drug-likeness (QED) is 0.528. The molecule has 3 N–H and O–H groups in total. The molecule has 2 aliphatic heterocycles. The van der Waals surface area contributed by atoms with Crippen LogP contribution in [-0.2, 0) is 19.6 Å². The second-order valence-electron chi connectivity index (χ2n) is 8.35. The van der Waals surface area contributed by atoms with Crippen LogP contribution in [0.4, 0.5) is 4.79 Å². The number of thiophene rings is 1. The minimum absolute atomic E-state index is 0.0362. The lowest BCUT2D eigenvalue weighted by atomic mass is 9.82. The van der Waals surface area contributed by atoms with Gasteiger partial charge in [-0.2, -0.15) is 5.01 Å². The molecule has 1 aromatic heterocycles. The second-order valence-corrected chi connectivity index (χ2v) is 11.2. The van der Waals surface area contributed by atoms with E-state index in [1.165, 1.54) is 11.3 Å². The fourth-order valence-electron chi connectivity index (χ4n) is 4.48. The molecular formula is C19H27N5O5S2. The van der Waals surface area contributed by atoms with Crippen LogP contribution in [0.25, 0.3) is 0 Å². The minimum atomic E-state index is -3.52. The van der Waals surface area contributed by atoms with Crippen LogP contribution >= 0.6 is 11.3 Å². The molecule has 3 heterocycles. The van der Waals surface area contributed by atoms with Crippen molar-refractivity contribution in [1.82, 2.24) is 25.4 Å². The fourth-order valence-corrected chi connectivity index (χ4v) is 6.80. The number of sulfonamides is 1. The van der Waals surface area contributed by atoms with Gasteiger partial charge < -0.3 is 5.32 Å². The van der Waals surface area contributed by atoms with Gasteiger partial charge in [0.1, 0.15) is 9.75 Å². The number of piperidine rings is 1. The van der Waals surface area contributed by atoms with Crippen molar-refractivity contribution in [3.05, 3.63) is 17.5 Å². The first-order chi connectivity index (χ1) is 14.8. The first-order valence-electron chi connectivity index (χ1n) is 10.5. The Balaban J connectivity index is 1.25. The van der Waals surface area contributed by atoms with E-state index in [2.05, 4.69) is 15.5 Å². The zero-order valence-corrected chi connectivity index (χ0v) is 18.8. The van der Waals surface area contributed by atoms with Crippen molar-refractivity contribution in [1.29, 1.82) is 0 Å². The first-order valence-corrected chi connectivity index (χ1v) is 12.9. The molecule has 0 unspecified atom stereocenters. The molecule has 3 fully saturated rings. The summed E-state index contributed by atoms with van der Waals surface area (Å²) >= 11 is 1.17. The Morgan fingerprint density at radius 2 is 1.90 bits per heavy atom. The number of carbonyl (C=O) groups excluding carboxylic acids is 3. The van der Waals surface area contributed by atoms with E-state index in [1.807, 2.05) is 4.90 Å². The smallest absolute Gasteiger partial charge is 0.322 e. The molecule has 0 radical (unpaired) electrons. The molecular weight excluding hydrogens is 442 g/mol. The molecule has 3 aliphatic rings. The van der Waals surface area contributed by atoms with Crippen LogP contribution in [0.1, 0.15) is 44.9 Å². The summed E-state index contributed by atoms with van der Waals surface area (Å²) < 4.78 is 27.7. The minimum Gasteiger partial charge on any atom is -0.322 e. The van der Waals surface area contributed by atoms with E-state index in [4.69, 9.17) is 0 Å². The molecule has 0 atom stereocenters. The maximum Gasteiger partial charge on any atom is 0.344 e. The van der Waals surface area contributed by atoms with Gasteiger partial charge in [0, 0.05) is 19.1 Å². The molecule has 12 heteroatoms. The van der Waals surface area contributed by atoms with Crippen LogP contribution in [0.5, 0.6) is 0 Å². The van der Waals surface area contributed by atoms with Crippen LogP contribution in [-0.4, -0.2) is 67.4 Å². The molecule has 31 heavy (non-hydrogen) atoms. The Morgan fingerprint density at radius 1 is 1.19 bits per heavy atom. The van der Waals surface area contributed by atoms with Gasteiger partial charge in [-0.3, -0.25) is 19.9 Å². The summed E-state index contributed by atoms with van der Waals surface area (Å²) in [4.78, 5) is 39.4. The first kappa shape index (κ1) is 22.2. The molecule has 1 aromatic rings. The monoisotopic (exact) mass is 469 g/mol. The standard InChI is InChI=1S/C19H27N5O5S2/c25-15(21-24-17(26)19(20-18(24)27)8-2-1-3-9-19)13-23-10-6-14(7-11-23)22-31(28,29)16-5-4-12-30-16/h4-5,12,14,22H,1-3,6-11,13H2,(H,20,27)(H,21,25). The van der Waals surface area contributed by atoms with Gasteiger partial charge in [-0.1, -0.05) is 25.3 Å². The van der Waals surface area contributed by atoms with E-state index in [0.29, 0.717) is 43.0 Å². The highest BCUT2D eigenvalue weighted by molar-refractivity contribution is 7.91. The van der Waals surface area contributed by atoms with Crippen molar-refractivity contribution in [3.8, 4) is 0 Å². The molecule has 1 aliphatic carbocycles. The number of hydrogen-bond acceptors (Lipinski definition) is 7. The van der Waals surface area contributed by atoms with Crippen molar-refractivity contribution < 1.29 is 22.8 Å². The van der Waals surface area contributed by atoms with Gasteiger partial charge in [0.05, 0.1) is 6.54 Å². The highest BCUT2D eigenvalue weighted by Gasteiger charge is 2.52. The van der Waals surface area contributed by atoms with Crippen molar-refractivity contribution in [2.45, 2.75) is 60.7 Å². The summed E-state index contributed by atoms with van der Waals surface area (Å²) in [6.45, 7) is 1.11. The molecule has 0 aromatic carbocycles. The molecule has 4 amide bonds. The van der Waals surface area contributed by atoms with E-state index >= 15 is 0 Å². The summed E-state index contributed by atoms with van der Waals surface area (Å²) in [6, 6.07) is 2.49. The molecule has 2 saturated heterocycles. The summed E-state index contributed by atoms with van der Waals surface area (Å²) in [6.07, 6.45) is 5.13. The third-order valence-electron chi connectivity index (χ3n) is 6.14. The third-order valence-corrected chi connectivity index (χ3v) is 9.06. The van der Waals surface area contributed by atoms with E-state index in [1.54, 1.807) is 17.5 Å². The predicted molar refractivity (Wildman–Crippen MR) is 113 cm³/mol. The van der Waals surface area contributed by atoms with Gasteiger partial charge >= 0.3 is 6.03 Å². The van der Waals surface area contributed by atoms with Crippen molar-refractivity contribution >= 4 is 39.2 Å². The number of hydrogen-bond donors (Lipinski definition) is 3. The number of rotatable bonds is 6. The Labute approximate surface area is 185 Å². The highest BCUT2D eigenvalue weighted by Crippen LogP contribution is 2.33. The van der Waals surface area contributed by atoms with Crippen molar-refractivity contribution in [2.24, 2.45) is 0 Å². The topological polar surface area (TPSA) is 128 Å². The molecule has 10 nitrogen and oxygen atoms in total. The van der Waals surface area contributed by atoms with Crippen molar-refractivity contribution in [3.63, 3.8) is 0 Å². The number of carbonyl (C=O) groups is 3. The van der Waals surface area contributed by atoms with E-state index < -0.39 is 27.5 Å². The van der Waals surface area contributed by atoms with Crippen LogP contribution in [0.3, 0.4) is 0 Å². The van der Waals surface area contributed by atoms with Crippen molar-refractivity contribution in [2.75, 3.05) is 19.6 Å². The highest BCUT2D eigenvalue weighted by atomic mass is 32.2. The predicted octanol–water partition coefficient (Wildman–Crippen LogP) is 0.777. The Bertz CT molecular complexity index is 935. The molecule has 1 spiro atoms. The zero-order chi connectivity index (χ0) is 22.1. The van der Waals surface area contributed by atoms with Gasteiger partial charge in [0.25, 0.3) is 11.8 Å². The maximum absolute atomic E-state index is 12.7. The van der Waals surface area contributed by atoms with Crippen LogP contribution < -0.4 is 15.5 Å². The number of amides is 4. The van der Waals surface area contributed by atoms with E-state index in [9.17, 15) is 22.8 Å². The Hall–Kier alpha value is -2.02.